The number of anilines is 3. The molecule has 10 nitrogen and oxygen atoms in total. The first kappa shape index (κ1) is 22.5. The zero-order valence-electron chi connectivity index (χ0n) is 18.7. The molecular weight excluding hydrogens is 439 g/mol. The second-order valence-electron chi connectivity index (χ2n) is 9.25. The number of carbonyl (C=O) groups excluding carboxylic acids is 1. The second-order valence-corrected chi connectivity index (χ2v) is 9.25. The number of nitrogens with one attached hydrogen (secondary N) is 3. The summed E-state index contributed by atoms with van der Waals surface area (Å²) in [7, 11) is 0. The maximum atomic E-state index is 14.0. The van der Waals surface area contributed by atoms with E-state index in [-0.39, 0.29) is 36.1 Å². The Morgan fingerprint density at radius 3 is 2.68 bits per heavy atom. The Hall–Kier alpha value is -3.31. The Bertz CT molecular complexity index is 1170. The van der Waals surface area contributed by atoms with E-state index >= 15 is 0 Å². The molecule has 34 heavy (non-hydrogen) atoms. The Balaban J connectivity index is 1.44. The average Bonchev–Trinajstić information content (AvgIpc) is 3.23. The number of pyridine rings is 1. The number of aliphatic hydroxyl groups excluding tert-OH is 1. The predicted molar refractivity (Wildman–Crippen MR) is 126 cm³/mol. The molecule has 1 amide bonds. The number of hydrogen-bond acceptors (Lipinski definition) is 8. The van der Waals surface area contributed by atoms with Crippen LogP contribution in [0.3, 0.4) is 0 Å². The molecule has 3 aromatic rings. The first-order valence-electron chi connectivity index (χ1n) is 11.7. The van der Waals surface area contributed by atoms with Crippen molar-refractivity contribution in [3.63, 3.8) is 0 Å². The number of nitrogens with zero attached hydrogens (tertiary/aromatic N) is 4. The lowest BCUT2D eigenvalue weighted by Gasteiger charge is -2.35. The maximum absolute atomic E-state index is 14.0. The summed E-state index contributed by atoms with van der Waals surface area (Å²) in [6.45, 7) is 0.180. The largest absolute Gasteiger partial charge is 0.396 e. The number of aromatic nitrogens is 4. The average molecular weight is 469 g/mol. The molecule has 0 unspecified atom stereocenters. The Morgan fingerprint density at radius 1 is 1.15 bits per heavy atom. The van der Waals surface area contributed by atoms with E-state index in [1.54, 1.807) is 0 Å². The predicted octanol–water partition coefficient (Wildman–Crippen LogP) is 2.38. The van der Waals surface area contributed by atoms with Crippen molar-refractivity contribution in [2.75, 3.05) is 22.6 Å². The summed E-state index contributed by atoms with van der Waals surface area (Å²) in [5, 5.41) is 23.5. The molecule has 3 heterocycles. The molecule has 2 aliphatic carbocycles. The van der Waals surface area contributed by atoms with Gasteiger partial charge in [-0.05, 0) is 50.5 Å². The molecule has 2 saturated carbocycles. The summed E-state index contributed by atoms with van der Waals surface area (Å²) < 4.78 is 15.5. The lowest BCUT2D eigenvalue weighted by Crippen LogP contribution is -2.37. The van der Waals surface area contributed by atoms with Gasteiger partial charge in [-0.2, -0.15) is 0 Å². The van der Waals surface area contributed by atoms with Crippen LogP contribution in [0.25, 0.3) is 5.65 Å². The minimum atomic E-state index is -0.624. The van der Waals surface area contributed by atoms with Gasteiger partial charge >= 0.3 is 0 Å². The monoisotopic (exact) mass is 468 g/mol. The number of imidazole rings is 1. The molecule has 2 aliphatic rings. The van der Waals surface area contributed by atoms with Gasteiger partial charge in [0, 0.05) is 37.0 Å². The number of carbonyl (C=O) groups is 1. The number of nitrogens with two attached hydrogens (primary N) is 1. The van der Waals surface area contributed by atoms with Crippen molar-refractivity contribution in [3.8, 4) is 0 Å². The summed E-state index contributed by atoms with van der Waals surface area (Å²) in [6, 6.07) is 4.00. The fourth-order valence-corrected chi connectivity index (χ4v) is 4.66. The van der Waals surface area contributed by atoms with Crippen LogP contribution in [0.5, 0.6) is 0 Å². The van der Waals surface area contributed by atoms with Crippen LogP contribution in [0.2, 0.25) is 0 Å². The molecule has 0 saturated heterocycles. The highest BCUT2D eigenvalue weighted by atomic mass is 19.1. The molecule has 0 aliphatic heterocycles. The van der Waals surface area contributed by atoms with Gasteiger partial charge in [0.1, 0.15) is 5.82 Å². The minimum Gasteiger partial charge on any atom is -0.396 e. The van der Waals surface area contributed by atoms with E-state index in [1.807, 2.05) is 6.07 Å². The third kappa shape index (κ3) is 4.66. The van der Waals surface area contributed by atoms with E-state index in [0.717, 1.165) is 50.4 Å². The Labute approximate surface area is 196 Å². The van der Waals surface area contributed by atoms with Crippen molar-refractivity contribution < 1.29 is 14.3 Å². The summed E-state index contributed by atoms with van der Waals surface area (Å²) in [4.78, 5) is 21.1. The van der Waals surface area contributed by atoms with Crippen molar-refractivity contribution in [2.24, 2.45) is 11.7 Å². The van der Waals surface area contributed by atoms with E-state index in [2.05, 4.69) is 31.0 Å². The first-order chi connectivity index (χ1) is 16.5. The van der Waals surface area contributed by atoms with Crippen LogP contribution in [-0.4, -0.2) is 55.3 Å². The molecule has 2 fully saturated rings. The van der Waals surface area contributed by atoms with Crippen molar-refractivity contribution in [1.82, 2.24) is 19.6 Å². The zero-order chi connectivity index (χ0) is 23.7. The van der Waals surface area contributed by atoms with Gasteiger partial charge in [-0.1, -0.05) is 0 Å². The minimum absolute atomic E-state index is 0.0330. The van der Waals surface area contributed by atoms with Gasteiger partial charge in [-0.25, -0.2) is 13.9 Å². The van der Waals surface area contributed by atoms with E-state index in [1.165, 1.54) is 23.0 Å². The molecule has 11 heteroatoms. The lowest BCUT2D eigenvalue weighted by atomic mass is 9.81. The quantitative estimate of drug-likeness (QED) is 0.356. The Morgan fingerprint density at radius 2 is 1.94 bits per heavy atom. The van der Waals surface area contributed by atoms with Gasteiger partial charge in [0.25, 0.3) is 5.91 Å². The molecule has 5 rings (SSSR count). The first-order valence-corrected chi connectivity index (χ1v) is 11.7. The number of halogens is 1. The van der Waals surface area contributed by atoms with Crippen LogP contribution in [0, 0.1) is 11.7 Å². The van der Waals surface area contributed by atoms with Crippen molar-refractivity contribution in [1.29, 1.82) is 0 Å². The van der Waals surface area contributed by atoms with E-state index in [0.29, 0.717) is 17.4 Å². The SMILES string of the molecule is N[C@H]1CC[C@H](Nc2cc(NC3CC(CO)C3)c3ncc(C(=O)Nc4ccncc4F)n3n2)CC1. The van der Waals surface area contributed by atoms with Gasteiger partial charge in [-0.15, -0.1) is 5.10 Å². The third-order valence-corrected chi connectivity index (χ3v) is 6.70. The maximum Gasteiger partial charge on any atom is 0.276 e. The molecule has 0 spiro atoms. The molecule has 0 atom stereocenters. The van der Waals surface area contributed by atoms with Crippen LogP contribution >= 0.6 is 0 Å². The number of hydrogen-bond donors (Lipinski definition) is 5. The highest BCUT2D eigenvalue weighted by molar-refractivity contribution is 6.03. The van der Waals surface area contributed by atoms with E-state index in [9.17, 15) is 14.3 Å². The molecule has 0 aromatic carbocycles. The highest BCUT2D eigenvalue weighted by Gasteiger charge is 2.29. The van der Waals surface area contributed by atoms with Gasteiger partial charge in [0.15, 0.2) is 17.2 Å². The van der Waals surface area contributed by atoms with Crippen molar-refractivity contribution >= 4 is 28.7 Å². The molecule has 0 bridgehead atoms. The number of aliphatic hydroxyl groups is 1. The summed E-state index contributed by atoms with van der Waals surface area (Å²) >= 11 is 0. The number of amides is 1. The second kappa shape index (κ2) is 9.51. The van der Waals surface area contributed by atoms with Crippen LogP contribution in [0.15, 0.2) is 30.7 Å². The summed E-state index contributed by atoms with van der Waals surface area (Å²) in [5.74, 6) is -0.228. The molecule has 3 aromatic heterocycles. The fraction of sp³-hybridized carbons (Fsp3) is 0.478. The molecule has 0 radical (unpaired) electrons. The van der Waals surface area contributed by atoms with Crippen molar-refractivity contribution in [2.45, 2.75) is 56.7 Å². The number of rotatable bonds is 7. The van der Waals surface area contributed by atoms with Crippen molar-refractivity contribution in [3.05, 3.63) is 42.2 Å². The van der Waals surface area contributed by atoms with Gasteiger partial charge in [0.05, 0.1) is 23.8 Å². The lowest BCUT2D eigenvalue weighted by molar-refractivity contribution is 0.102. The fourth-order valence-electron chi connectivity index (χ4n) is 4.66. The topological polar surface area (TPSA) is 142 Å². The molecular formula is C23H29FN8O2. The number of fused-ring (bicyclic) bond motifs is 1. The van der Waals surface area contributed by atoms with Crippen LogP contribution in [-0.2, 0) is 0 Å². The molecule has 180 valence electrons. The smallest absolute Gasteiger partial charge is 0.276 e. The normalized spacial score (nSPS) is 24.4. The zero-order valence-corrected chi connectivity index (χ0v) is 18.7. The Kier molecular flexibility index (Phi) is 6.29. The van der Waals surface area contributed by atoms with Crippen LogP contribution in [0.1, 0.15) is 49.0 Å². The summed E-state index contributed by atoms with van der Waals surface area (Å²) in [5.41, 5.74) is 7.52. The van der Waals surface area contributed by atoms with Gasteiger partial charge in [-0.3, -0.25) is 9.78 Å². The van der Waals surface area contributed by atoms with Gasteiger partial charge < -0.3 is 26.8 Å². The van der Waals surface area contributed by atoms with Crippen LogP contribution < -0.4 is 21.7 Å². The van der Waals surface area contributed by atoms with Gasteiger partial charge in [0.2, 0.25) is 0 Å². The van der Waals surface area contributed by atoms with Crippen LogP contribution in [0.4, 0.5) is 21.6 Å². The third-order valence-electron chi connectivity index (χ3n) is 6.70. The summed E-state index contributed by atoms with van der Waals surface area (Å²) in [6.07, 6.45) is 9.41. The standard InChI is InChI=1S/C23H29FN8O2/c24-17-10-26-6-5-18(17)30-23(34)20-11-27-22-19(28-16-7-13(8-16)12-33)9-21(31-32(20)22)29-15-3-1-14(25)2-4-15/h5-6,9-11,13-16,28,33H,1-4,7-8,12,25H2,(H,29,31)(H,26,30,34)/t13?,14-,15-,16?. The molecule has 6 N–H and O–H groups in total. The van der Waals surface area contributed by atoms with E-state index in [4.69, 9.17) is 5.73 Å². The van der Waals surface area contributed by atoms with E-state index < -0.39 is 11.7 Å². The highest BCUT2D eigenvalue weighted by Crippen LogP contribution is 2.32.